The SMILES string of the molecule is C[C@H](C(=O)NC1CCCCCCC1)n1c2ccccc2c2cnn(C)c(=O)c21. The van der Waals surface area contributed by atoms with Crippen LogP contribution < -0.4 is 10.9 Å². The Labute approximate surface area is 164 Å². The Morgan fingerprint density at radius 3 is 2.54 bits per heavy atom. The lowest BCUT2D eigenvalue weighted by Crippen LogP contribution is -2.39. The zero-order chi connectivity index (χ0) is 19.7. The van der Waals surface area contributed by atoms with Gasteiger partial charge in [-0.15, -0.1) is 0 Å². The summed E-state index contributed by atoms with van der Waals surface area (Å²) < 4.78 is 3.21. The van der Waals surface area contributed by atoms with E-state index in [2.05, 4.69) is 10.4 Å². The van der Waals surface area contributed by atoms with Crippen LogP contribution in [0.4, 0.5) is 0 Å². The summed E-state index contributed by atoms with van der Waals surface area (Å²) in [6.45, 7) is 1.88. The highest BCUT2D eigenvalue weighted by Gasteiger charge is 2.25. The summed E-state index contributed by atoms with van der Waals surface area (Å²) in [6, 6.07) is 7.59. The summed E-state index contributed by atoms with van der Waals surface area (Å²) in [4.78, 5) is 26.0. The van der Waals surface area contributed by atoms with E-state index in [0.29, 0.717) is 5.52 Å². The third kappa shape index (κ3) is 3.32. The van der Waals surface area contributed by atoms with Crippen molar-refractivity contribution < 1.29 is 4.79 Å². The molecule has 2 heterocycles. The normalized spacial score (nSPS) is 17.4. The van der Waals surface area contributed by atoms with Gasteiger partial charge in [0.25, 0.3) is 5.56 Å². The molecule has 4 rings (SSSR count). The molecule has 0 spiro atoms. The summed E-state index contributed by atoms with van der Waals surface area (Å²) in [6.07, 6.45) is 9.93. The molecule has 2 aromatic heterocycles. The predicted molar refractivity (Wildman–Crippen MR) is 111 cm³/mol. The first kappa shape index (κ1) is 18.7. The molecule has 0 saturated heterocycles. The van der Waals surface area contributed by atoms with Crippen LogP contribution in [0.15, 0.2) is 35.3 Å². The van der Waals surface area contributed by atoms with Crippen LogP contribution in [-0.4, -0.2) is 26.3 Å². The molecular weight excluding hydrogens is 352 g/mol. The Bertz CT molecular complexity index is 1060. The van der Waals surface area contributed by atoms with Crippen molar-refractivity contribution in [2.45, 2.75) is 64.0 Å². The highest BCUT2D eigenvalue weighted by atomic mass is 16.2. The number of amides is 1. The minimum absolute atomic E-state index is 0.0212. The zero-order valence-corrected chi connectivity index (χ0v) is 16.6. The van der Waals surface area contributed by atoms with Crippen molar-refractivity contribution in [3.8, 4) is 0 Å². The summed E-state index contributed by atoms with van der Waals surface area (Å²) in [5.74, 6) is -0.0212. The second-order valence-corrected chi connectivity index (χ2v) is 7.95. The molecule has 1 N–H and O–H groups in total. The minimum atomic E-state index is -0.469. The number of carbonyl (C=O) groups excluding carboxylic acids is 1. The molecule has 1 saturated carbocycles. The van der Waals surface area contributed by atoms with E-state index < -0.39 is 6.04 Å². The second kappa shape index (κ2) is 7.78. The van der Waals surface area contributed by atoms with Crippen LogP contribution in [0.2, 0.25) is 0 Å². The molecule has 28 heavy (non-hydrogen) atoms. The van der Waals surface area contributed by atoms with E-state index >= 15 is 0 Å². The summed E-state index contributed by atoms with van der Waals surface area (Å²) >= 11 is 0. The lowest BCUT2D eigenvalue weighted by atomic mass is 9.96. The maximum absolute atomic E-state index is 13.1. The van der Waals surface area contributed by atoms with Crippen LogP contribution in [0.3, 0.4) is 0 Å². The summed E-state index contributed by atoms with van der Waals surface area (Å²) in [7, 11) is 1.64. The number of benzene rings is 1. The molecule has 6 nitrogen and oxygen atoms in total. The molecule has 0 unspecified atom stereocenters. The number of rotatable bonds is 3. The van der Waals surface area contributed by atoms with Gasteiger partial charge in [0.15, 0.2) is 0 Å². The van der Waals surface area contributed by atoms with E-state index in [-0.39, 0.29) is 17.5 Å². The number of fused-ring (bicyclic) bond motifs is 3. The monoisotopic (exact) mass is 380 g/mol. The molecule has 148 valence electrons. The van der Waals surface area contributed by atoms with Crippen LogP contribution in [0.1, 0.15) is 57.9 Å². The van der Waals surface area contributed by atoms with E-state index in [9.17, 15) is 9.59 Å². The van der Waals surface area contributed by atoms with Crippen molar-refractivity contribution in [2.24, 2.45) is 7.05 Å². The number of nitrogens with one attached hydrogen (secondary N) is 1. The Morgan fingerprint density at radius 1 is 1.11 bits per heavy atom. The van der Waals surface area contributed by atoms with Crippen LogP contribution in [0, 0.1) is 0 Å². The largest absolute Gasteiger partial charge is 0.352 e. The summed E-state index contributed by atoms with van der Waals surface area (Å²) in [5.41, 5.74) is 1.25. The lowest BCUT2D eigenvalue weighted by molar-refractivity contribution is -0.124. The molecule has 0 bridgehead atoms. The first-order chi connectivity index (χ1) is 13.6. The highest BCUT2D eigenvalue weighted by molar-refractivity contribution is 6.08. The molecule has 6 heteroatoms. The first-order valence-electron chi connectivity index (χ1n) is 10.3. The molecule has 1 atom stereocenters. The van der Waals surface area contributed by atoms with Crippen molar-refractivity contribution in [3.63, 3.8) is 0 Å². The molecule has 1 amide bonds. The van der Waals surface area contributed by atoms with Crippen molar-refractivity contribution in [1.82, 2.24) is 19.7 Å². The average Bonchev–Trinajstić information content (AvgIpc) is 3.01. The van der Waals surface area contributed by atoms with Crippen molar-refractivity contribution >= 4 is 27.7 Å². The number of carbonyl (C=O) groups is 1. The van der Waals surface area contributed by atoms with Gasteiger partial charge < -0.3 is 9.88 Å². The van der Waals surface area contributed by atoms with Gasteiger partial charge in [0.05, 0.1) is 11.7 Å². The van der Waals surface area contributed by atoms with Gasteiger partial charge in [0.1, 0.15) is 11.6 Å². The fourth-order valence-corrected chi connectivity index (χ4v) is 4.43. The van der Waals surface area contributed by atoms with Gasteiger partial charge in [-0.3, -0.25) is 9.59 Å². The van der Waals surface area contributed by atoms with E-state index in [4.69, 9.17) is 0 Å². The Hall–Kier alpha value is -2.63. The van der Waals surface area contributed by atoms with Crippen LogP contribution in [0.5, 0.6) is 0 Å². The number of hydrogen-bond donors (Lipinski definition) is 1. The van der Waals surface area contributed by atoms with E-state index in [1.165, 1.54) is 36.8 Å². The van der Waals surface area contributed by atoms with Crippen LogP contribution in [-0.2, 0) is 11.8 Å². The zero-order valence-electron chi connectivity index (χ0n) is 16.6. The van der Waals surface area contributed by atoms with Gasteiger partial charge in [-0.05, 0) is 25.8 Å². The average molecular weight is 380 g/mol. The molecular formula is C22H28N4O2. The van der Waals surface area contributed by atoms with Crippen LogP contribution >= 0.6 is 0 Å². The molecule has 1 aromatic carbocycles. The number of nitrogens with zero attached hydrogens (tertiary/aromatic N) is 3. The molecule has 1 aliphatic carbocycles. The highest BCUT2D eigenvalue weighted by Crippen LogP contribution is 2.29. The van der Waals surface area contributed by atoms with Crippen molar-refractivity contribution in [2.75, 3.05) is 0 Å². The fourth-order valence-electron chi connectivity index (χ4n) is 4.43. The molecule has 1 aliphatic rings. The van der Waals surface area contributed by atoms with E-state index in [0.717, 1.165) is 29.1 Å². The lowest BCUT2D eigenvalue weighted by Gasteiger charge is -2.24. The maximum atomic E-state index is 13.1. The Balaban J connectivity index is 1.73. The number of aromatic nitrogens is 3. The van der Waals surface area contributed by atoms with Gasteiger partial charge >= 0.3 is 0 Å². The Kier molecular flexibility index (Phi) is 5.20. The van der Waals surface area contributed by atoms with E-state index in [1.807, 2.05) is 35.8 Å². The van der Waals surface area contributed by atoms with Gasteiger partial charge in [-0.25, -0.2) is 4.68 Å². The van der Waals surface area contributed by atoms with Gasteiger partial charge in [-0.2, -0.15) is 5.10 Å². The quantitative estimate of drug-likeness (QED) is 0.754. The van der Waals surface area contributed by atoms with Crippen molar-refractivity contribution in [3.05, 3.63) is 40.8 Å². The number of para-hydroxylation sites is 1. The van der Waals surface area contributed by atoms with Crippen LogP contribution in [0.25, 0.3) is 21.8 Å². The Morgan fingerprint density at radius 2 is 1.79 bits per heavy atom. The fraction of sp³-hybridized carbons (Fsp3) is 0.500. The summed E-state index contributed by atoms with van der Waals surface area (Å²) in [5, 5.41) is 9.18. The van der Waals surface area contributed by atoms with Gasteiger partial charge in [0, 0.05) is 23.9 Å². The standard InChI is InChI=1S/C22H28N4O2/c1-15(21(27)24-16-10-6-4-3-5-7-11-16)26-19-13-9-8-12-17(19)18-14-23-25(2)22(28)20(18)26/h8-9,12-16H,3-7,10-11H2,1-2H3,(H,24,27)/t15-/m1/s1. The molecule has 0 radical (unpaired) electrons. The molecule has 1 fully saturated rings. The smallest absolute Gasteiger partial charge is 0.291 e. The van der Waals surface area contributed by atoms with E-state index in [1.54, 1.807) is 13.2 Å². The maximum Gasteiger partial charge on any atom is 0.291 e. The third-order valence-electron chi connectivity index (χ3n) is 6.02. The predicted octanol–water partition coefficient (Wildman–Crippen LogP) is 3.68. The molecule has 3 aromatic rings. The van der Waals surface area contributed by atoms with Gasteiger partial charge in [-0.1, -0.05) is 50.3 Å². The molecule has 0 aliphatic heterocycles. The van der Waals surface area contributed by atoms with Gasteiger partial charge in [0.2, 0.25) is 5.91 Å². The number of aryl methyl sites for hydroxylation is 1. The van der Waals surface area contributed by atoms with Crippen molar-refractivity contribution in [1.29, 1.82) is 0 Å². The second-order valence-electron chi connectivity index (χ2n) is 7.95. The minimum Gasteiger partial charge on any atom is -0.352 e. The first-order valence-corrected chi connectivity index (χ1v) is 10.3. The third-order valence-corrected chi connectivity index (χ3v) is 6.02. The topological polar surface area (TPSA) is 68.9 Å². The number of hydrogen-bond acceptors (Lipinski definition) is 3.